The molecule has 0 radical (unpaired) electrons. The zero-order valence-electron chi connectivity index (χ0n) is 17.0. The minimum Gasteiger partial charge on any atom is -0.480 e. The highest BCUT2D eigenvalue weighted by molar-refractivity contribution is 5.94. The molecular weight excluding hydrogens is 384 g/mol. The molecule has 1 heterocycles. The number of amides is 3. The zero-order chi connectivity index (χ0) is 22.1. The van der Waals surface area contributed by atoms with E-state index in [1.807, 2.05) is 0 Å². The van der Waals surface area contributed by atoms with Crippen molar-refractivity contribution in [3.8, 4) is 0 Å². The van der Waals surface area contributed by atoms with Gasteiger partial charge in [-0.05, 0) is 38.6 Å². The molecule has 0 aromatic rings. The van der Waals surface area contributed by atoms with Crippen molar-refractivity contribution in [1.29, 1.82) is 0 Å². The highest BCUT2D eigenvalue weighted by atomic mass is 16.4. The van der Waals surface area contributed by atoms with Gasteiger partial charge in [-0.2, -0.15) is 0 Å². The molecule has 7 N–H and O–H groups in total. The Morgan fingerprint density at radius 2 is 1.66 bits per heavy atom. The first kappa shape index (κ1) is 24.8. The molecule has 11 heteroatoms. The van der Waals surface area contributed by atoms with Crippen molar-refractivity contribution in [3.05, 3.63) is 0 Å². The van der Waals surface area contributed by atoms with E-state index in [-0.39, 0.29) is 12.3 Å². The van der Waals surface area contributed by atoms with Crippen LogP contribution in [0.3, 0.4) is 0 Å². The molecule has 0 aromatic carbocycles. The first-order valence-corrected chi connectivity index (χ1v) is 9.73. The van der Waals surface area contributed by atoms with Crippen molar-refractivity contribution in [2.45, 2.75) is 70.3 Å². The summed E-state index contributed by atoms with van der Waals surface area (Å²) in [6.45, 7) is 4.79. The Hall–Kier alpha value is -2.24. The van der Waals surface area contributed by atoms with Crippen LogP contribution in [0.4, 0.5) is 0 Å². The summed E-state index contributed by atoms with van der Waals surface area (Å²) in [5.41, 5.74) is 0. The molecule has 3 amide bonds. The molecule has 0 saturated carbocycles. The summed E-state index contributed by atoms with van der Waals surface area (Å²) in [7, 11) is 0. The van der Waals surface area contributed by atoms with E-state index >= 15 is 0 Å². The molecule has 29 heavy (non-hydrogen) atoms. The lowest BCUT2D eigenvalue weighted by atomic mass is 10.0. The number of aliphatic carboxylic acids is 1. The predicted octanol–water partition coefficient (Wildman–Crippen LogP) is -2.30. The number of aliphatic hydroxyl groups excluding tert-OH is 2. The maximum absolute atomic E-state index is 12.5. The highest BCUT2D eigenvalue weighted by Crippen LogP contribution is 2.07. The van der Waals surface area contributed by atoms with Crippen molar-refractivity contribution in [1.82, 2.24) is 21.3 Å². The molecule has 1 aliphatic rings. The summed E-state index contributed by atoms with van der Waals surface area (Å²) in [6.07, 6.45) is 0.343. The van der Waals surface area contributed by atoms with Gasteiger partial charge in [0.25, 0.3) is 0 Å². The van der Waals surface area contributed by atoms with Gasteiger partial charge in [-0.3, -0.25) is 14.4 Å². The molecule has 11 nitrogen and oxygen atoms in total. The minimum absolute atomic E-state index is 0.00223. The molecule has 166 valence electrons. The summed E-state index contributed by atoms with van der Waals surface area (Å²) in [5.74, 6) is -3.42. The Morgan fingerprint density at radius 3 is 2.10 bits per heavy atom. The number of nitrogens with one attached hydrogen (secondary N) is 4. The third kappa shape index (κ3) is 7.95. The van der Waals surface area contributed by atoms with Gasteiger partial charge in [-0.15, -0.1) is 0 Å². The van der Waals surface area contributed by atoms with Crippen LogP contribution in [0.15, 0.2) is 0 Å². The number of carbonyl (C=O) groups excluding carboxylic acids is 3. The molecule has 0 aliphatic carbocycles. The van der Waals surface area contributed by atoms with E-state index in [4.69, 9.17) is 0 Å². The lowest BCUT2D eigenvalue weighted by molar-refractivity contribution is -0.143. The average molecular weight is 416 g/mol. The van der Waals surface area contributed by atoms with Crippen LogP contribution >= 0.6 is 0 Å². The topological polar surface area (TPSA) is 177 Å². The summed E-state index contributed by atoms with van der Waals surface area (Å²) >= 11 is 0. The van der Waals surface area contributed by atoms with Gasteiger partial charge in [0.2, 0.25) is 17.7 Å². The Balaban J connectivity index is 2.75. The van der Waals surface area contributed by atoms with Crippen LogP contribution in [0.1, 0.15) is 40.0 Å². The normalized spacial score (nSPS) is 20.4. The van der Waals surface area contributed by atoms with Crippen LogP contribution < -0.4 is 21.3 Å². The standard InChI is InChI=1S/C18H32N4O7/c1-9(2)7-12(18(28)29)20-16(26)13(8-23)21-17(27)14(10(3)24)22-15(25)11-5-4-6-19-11/h9-14,19,23-24H,4-8H2,1-3H3,(H,20,26)(H,21,27)(H,22,25)(H,28,29). The molecule has 0 bridgehead atoms. The van der Waals surface area contributed by atoms with Crippen molar-refractivity contribution >= 4 is 23.7 Å². The van der Waals surface area contributed by atoms with Crippen LogP contribution in [0.25, 0.3) is 0 Å². The SMILES string of the molecule is CC(C)CC(NC(=O)C(CO)NC(=O)C(NC(=O)C1CCCN1)C(C)O)C(=O)O. The monoisotopic (exact) mass is 416 g/mol. The fourth-order valence-electron chi connectivity index (χ4n) is 2.99. The molecule has 1 rings (SSSR count). The smallest absolute Gasteiger partial charge is 0.326 e. The Kier molecular flexibility index (Phi) is 9.99. The number of carboxylic acid groups (broad SMARTS) is 1. The Bertz CT molecular complexity index is 591. The quantitative estimate of drug-likeness (QED) is 0.196. The average Bonchev–Trinajstić information content (AvgIpc) is 3.17. The predicted molar refractivity (Wildman–Crippen MR) is 103 cm³/mol. The van der Waals surface area contributed by atoms with E-state index < -0.39 is 60.6 Å². The molecular formula is C18H32N4O7. The minimum atomic E-state index is -1.43. The molecule has 1 aliphatic heterocycles. The van der Waals surface area contributed by atoms with Gasteiger partial charge >= 0.3 is 5.97 Å². The molecule has 5 atom stereocenters. The summed E-state index contributed by atoms with van der Waals surface area (Å²) in [6, 6.07) is -4.40. The molecule has 1 saturated heterocycles. The van der Waals surface area contributed by atoms with E-state index in [0.29, 0.717) is 13.0 Å². The van der Waals surface area contributed by atoms with Gasteiger partial charge in [0, 0.05) is 0 Å². The van der Waals surface area contributed by atoms with E-state index in [1.54, 1.807) is 13.8 Å². The number of carbonyl (C=O) groups is 4. The van der Waals surface area contributed by atoms with E-state index in [9.17, 15) is 34.5 Å². The number of hydrogen-bond donors (Lipinski definition) is 7. The van der Waals surface area contributed by atoms with Crippen molar-refractivity contribution < 1.29 is 34.5 Å². The van der Waals surface area contributed by atoms with Gasteiger partial charge in [0.05, 0.1) is 18.8 Å². The highest BCUT2D eigenvalue weighted by Gasteiger charge is 2.33. The lowest BCUT2D eigenvalue weighted by Crippen LogP contribution is -2.60. The molecule has 5 unspecified atom stereocenters. The van der Waals surface area contributed by atoms with Crippen LogP contribution in [0.5, 0.6) is 0 Å². The van der Waals surface area contributed by atoms with Gasteiger partial charge in [-0.1, -0.05) is 13.8 Å². The molecule has 0 spiro atoms. The van der Waals surface area contributed by atoms with Gasteiger partial charge in [0.15, 0.2) is 0 Å². The maximum atomic E-state index is 12.5. The third-order valence-corrected chi connectivity index (χ3v) is 4.58. The van der Waals surface area contributed by atoms with Crippen LogP contribution in [0, 0.1) is 5.92 Å². The van der Waals surface area contributed by atoms with E-state index in [1.165, 1.54) is 6.92 Å². The second kappa shape index (κ2) is 11.7. The van der Waals surface area contributed by atoms with Crippen molar-refractivity contribution in [2.75, 3.05) is 13.2 Å². The van der Waals surface area contributed by atoms with Crippen LogP contribution in [-0.2, 0) is 19.2 Å². The Morgan fingerprint density at radius 1 is 1.03 bits per heavy atom. The number of rotatable bonds is 11. The fraction of sp³-hybridized carbons (Fsp3) is 0.778. The second-order valence-electron chi connectivity index (χ2n) is 7.65. The van der Waals surface area contributed by atoms with Crippen LogP contribution in [-0.4, -0.2) is 82.4 Å². The maximum Gasteiger partial charge on any atom is 0.326 e. The van der Waals surface area contributed by atoms with E-state index in [2.05, 4.69) is 21.3 Å². The van der Waals surface area contributed by atoms with Gasteiger partial charge in [0.1, 0.15) is 18.1 Å². The summed E-state index contributed by atoms with van der Waals surface area (Å²) in [5, 5.41) is 38.5. The first-order chi connectivity index (χ1) is 13.6. The fourth-order valence-corrected chi connectivity index (χ4v) is 2.99. The lowest BCUT2D eigenvalue weighted by Gasteiger charge is -2.26. The second-order valence-corrected chi connectivity index (χ2v) is 7.65. The van der Waals surface area contributed by atoms with Gasteiger partial charge in [-0.25, -0.2) is 4.79 Å². The number of aliphatic hydroxyl groups is 2. The Labute approximate surface area is 169 Å². The van der Waals surface area contributed by atoms with Crippen LogP contribution in [0.2, 0.25) is 0 Å². The molecule has 1 fully saturated rings. The number of carboxylic acids is 1. The van der Waals surface area contributed by atoms with E-state index in [0.717, 1.165) is 6.42 Å². The third-order valence-electron chi connectivity index (χ3n) is 4.58. The van der Waals surface area contributed by atoms with Gasteiger partial charge < -0.3 is 36.6 Å². The summed E-state index contributed by atoms with van der Waals surface area (Å²) < 4.78 is 0. The zero-order valence-corrected chi connectivity index (χ0v) is 17.0. The molecule has 0 aromatic heterocycles. The largest absolute Gasteiger partial charge is 0.480 e. The summed E-state index contributed by atoms with van der Waals surface area (Å²) in [4.78, 5) is 48.3. The van der Waals surface area contributed by atoms with Crippen molar-refractivity contribution in [3.63, 3.8) is 0 Å². The van der Waals surface area contributed by atoms with Crippen molar-refractivity contribution in [2.24, 2.45) is 5.92 Å². The number of hydrogen-bond acceptors (Lipinski definition) is 7. The first-order valence-electron chi connectivity index (χ1n) is 9.73.